The lowest BCUT2D eigenvalue weighted by atomic mass is 10.0. The number of benzene rings is 1. The number of rotatable bonds is 7. The van der Waals surface area contributed by atoms with Crippen molar-refractivity contribution in [3.8, 4) is 0 Å². The van der Waals surface area contributed by atoms with Gasteiger partial charge >= 0.3 is 0 Å². The molecule has 0 saturated carbocycles. The van der Waals surface area contributed by atoms with Crippen molar-refractivity contribution < 1.29 is 0 Å². The highest BCUT2D eigenvalue weighted by molar-refractivity contribution is 5.22. The van der Waals surface area contributed by atoms with Gasteiger partial charge in [-0.25, -0.2) is 0 Å². The van der Waals surface area contributed by atoms with Gasteiger partial charge in [0.25, 0.3) is 0 Å². The first-order valence-corrected chi connectivity index (χ1v) is 7.05. The van der Waals surface area contributed by atoms with E-state index in [9.17, 15) is 0 Å². The summed E-state index contributed by atoms with van der Waals surface area (Å²) in [5.41, 5.74) is 4.20. The summed E-state index contributed by atoms with van der Waals surface area (Å²) in [7, 11) is 0. The van der Waals surface area contributed by atoms with E-state index in [0.717, 1.165) is 13.0 Å². The van der Waals surface area contributed by atoms with Crippen LogP contribution in [0.3, 0.4) is 0 Å². The van der Waals surface area contributed by atoms with E-state index in [1.54, 1.807) is 0 Å². The van der Waals surface area contributed by atoms with E-state index in [1.165, 1.54) is 29.5 Å². The lowest BCUT2D eigenvalue weighted by Gasteiger charge is -2.15. The average molecular weight is 245 g/mol. The number of nitrogens with one attached hydrogen (secondary N) is 1. The van der Waals surface area contributed by atoms with Crippen molar-refractivity contribution >= 4 is 0 Å². The molecule has 0 aliphatic carbocycles. The molecule has 1 nitrogen and oxygen atoms in total. The molecule has 0 bridgehead atoms. The Morgan fingerprint density at radius 2 is 2.11 bits per heavy atom. The van der Waals surface area contributed by atoms with Crippen molar-refractivity contribution in [3.05, 3.63) is 47.0 Å². The highest BCUT2D eigenvalue weighted by Gasteiger charge is 2.04. The fraction of sp³-hybridized carbons (Fsp3) is 0.529. The predicted molar refractivity (Wildman–Crippen MR) is 81.0 cm³/mol. The molecular formula is C17H27N. The fourth-order valence-electron chi connectivity index (χ4n) is 2.17. The van der Waals surface area contributed by atoms with Gasteiger partial charge in [0, 0.05) is 6.04 Å². The molecule has 1 N–H and O–H groups in total. The summed E-state index contributed by atoms with van der Waals surface area (Å²) in [6, 6.07) is 9.34. The van der Waals surface area contributed by atoms with E-state index in [-0.39, 0.29) is 0 Å². The van der Waals surface area contributed by atoms with Gasteiger partial charge in [-0.05, 0) is 52.1 Å². The summed E-state index contributed by atoms with van der Waals surface area (Å²) in [6.07, 6.45) is 5.87. The predicted octanol–water partition coefficient (Wildman–Crippen LogP) is 4.26. The highest BCUT2D eigenvalue weighted by Crippen LogP contribution is 2.09. The van der Waals surface area contributed by atoms with Crippen molar-refractivity contribution in [1.82, 2.24) is 5.32 Å². The summed E-state index contributed by atoms with van der Waals surface area (Å²) in [6.45, 7) is 9.82. The molecule has 0 aromatic heterocycles. The van der Waals surface area contributed by atoms with E-state index < -0.39 is 0 Å². The third kappa shape index (κ3) is 6.02. The van der Waals surface area contributed by atoms with E-state index in [1.807, 2.05) is 0 Å². The Morgan fingerprint density at radius 3 is 2.72 bits per heavy atom. The molecule has 0 radical (unpaired) electrons. The fourth-order valence-corrected chi connectivity index (χ4v) is 2.17. The molecule has 1 unspecified atom stereocenters. The zero-order valence-corrected chi connectivity index (χ0v) is 12.3. The van der Waals surface area contributed by atoms with Crippen molar-refractivity contribution in [2.24, 2.45) is 0 Å². The maximum atomic E-state index is 3.61. The first kappa shape index (κ1) is 15.0. The molecule has 0 spiro atoms. The van der Waals surface area contributed by atoms with Crippen LogP contribution in [-0.2, 0) is 6.42 Å². The molecular weight excluding hydrogens is 218 g/mol. The van der Waals surface area contributed by atoms with Crippen LogP contribution < -0.4 is 5.32 Å². The van der Waals surface area contributed by atoms with Gasteiger partial charge in [-0.3, -0.25) is 0 Å². The first-order valence-electron chi connectivity index (χ1n) is 7.05. The first-order chi connectivity index (χ1) is 8.61. The third-order valence-corrected chi connectivity index (χ3v) is 3.02. The monoisotopic (exact) mass is 245 g/mol. The van der Waals surface area contributed by atoms with Gasteiger partial charge in [-0.2, -0.15) is 0 Å². The Balaban J connectivity index is 2.53. The molecule has 0 amide bonds. The van der Waals surface area contributed by atoms with Gasteiger partial charge in [0.1, 0.15) is 0 Å². The quantitative estimate of drug-likeness (QED) is 0.708. The minimum Gasteiger partial charge on any atom is -0.311 e. The maximum Gasteiger partial charge on any atom is 0.0255 e. The van der Waals surface area contributed by atoms with Crippen LogP contribution in [0.2, 0.25) is 0 Å². The van der Waals surface area contributed by atoms with Gasteiger partial charge in [0.05, 0.1) is 0 Å². The number of aryl methyl sites for hydroxylation is 2. The zero-order chi connectivity index (χ0) is 13.4. The second-order valence-corrected chi connectivity index (χ2v) is 5.33. The molecule has 1 aromatic carbocycles. The second-order valence-electron chi connectivity index (χ2n) is 5.33. The van der Waals surface area contributed by atoms with E-state index in [4.69, 9.17) is 0 Å². The van der Waals surface area contributed by atoms with E-state index in [0.29, 0.717) is 6.04 Å². The molecule has 0 fully saturated rings. The Kier molecular flexibility index (Phi) is 6.74. The molecule has 0 aliphatic heterocycles. The summed E-state index contributed by atoms with van der Waals surface area (Å²) in [4.78, 5) is 0. The zero-order valence-electron chi connectivity index (χ0n) is 12.3. The molecule has 100 valence electrons. The van der Waals surface area contributed by atoms with Crippen molar-refractivity contribution in [1.29, 1.82) is 0 Å². The van der Waals surface area contributed by atoms with Crippen LogP contribution >= 0.6 is 0 Å². The average Bonchev–Trinajstić information content (AvgIpc) is 2.32. The maximum absolute atomic E-state index is 3.61. The largest absolute Gasteiger partial charge is 0.311 e. The highest BCUT2D eigenvalue weighted by atomic mass is 14.9. The summed E-state index contributed by atoms with van der Waals surface area (Å²) < 4.78 is 0. The molecule has 18 heavy (non-hydrogen) atoms. The lowest BCUT2D eigenvalue weighted by Crippen LogP contribution is -2.28. The van der Waals surface area contributed by atoms with Crippen LogP contribution in [0, 0.1) is 6.92 Å². The summed E-state index contributed by atoms with van der Waals surface area (Å²) in [5, 5.41) is 3.61. The topological polar surface area (TPSA) is 12.0 Å². The number of hydrogen-bond acceptors (Lipinski definition) is 1. The van der Waals surface area contributed by atoms with Crippen LogP contribution in [0.5, 0.6) is 0 Å². The van der Waals surface area contributed by atoms with Crippen LogP contribution in [-0.4, -0.2) is 12.6 Å². The van der Waals surface area contributed by atoms with Gasteiger partial charge in [0.15, 0.2) is 0 Å². The standard InChI is InChI=1S/C17H27N/c1-5-11-18-17(12-14(2)3)10-9-16-8-6-7-15(4)13-16/h6-8,12-13,17-18H,5,9-11H2,1-4H3. The van der Waals surface area contributed by atoms with Crippen molar-refractivity contribution in [3.63, 3.8) is 0 Å². The number of hydrogen-bond donors (Lipinski definition) is 1. The molecule has 1 rings (SSSR count). The van der Waals surface area contributed by atoms with Gasteiger partial charge in [-0.15, -0.1) is 0 Å². The minimum absolute atomic E-state index is 0.510. The van der Waals surface area contributed by atoms with Crippen molar-refractivity contribution in [2.45, 2.75) is 53.0 Å². The van der Waals surface area contributed by atoms with Gasteiger partial charge < -0.3 is 5.32 Å². The Bertz CT molecular complexity index is 375. The molecule has 1 aromatic rings. The Labute approximate surface area is 112 Å². The van der Waals surface area contributed by atoms with Crippen molar-refractivity contribution in [2.75, 3.05) is 6.54 Å². The molecule has 0 aliphatic rings. The van der Waals surface area contributed by atoms with Gasteiger partial charge in [-0.1, -0.05) is 48.4 Å². The smallest absolute Gasteiger partial charge is 0.0255 e. The van der Waals surface area contributed by atoms with Crippen LogP contribution in [0.15, 0.2) is 35.9 Å². The lowest BCUT2D eigenvalue weighted by molar-refractivity contribution is 0.551. The molecule has 1 atom stereocenters. The normalized spacial score (nSPS) is 12.2. The molecule has 0 saturated heterocycles. The SMILES string of the molecule is CCCNC(C=C(C)C)CCc1cccc(C)c1. The third-order valence-electron chi connectivity index (χ3n) is 3.02. The minimum atomic E-state index is 0.510. The van der Waals surface area contributed by atoms with Crippen LogP contribution in [0.4, 0.5) is 0 Å². The summed E-state index contributed by atoms with van der Waals surface area (Å²) >= 11 is 0. The number of allylic oxidation sites excluding steroid dienone is 1. The Morgan fingerprint density at radius 1 is 1.33 bits per heavy atom. The Hall–Kier alpha value is -1.08. The van der Waals surface area contributed by atoms with Gasteiger partial charge in [0.2, 0.25) is 0 Å². The van der Waals surface area contributed by atoms with Crippen LogP contribution in [0.25, 0.3) is 0 Å². The molecule has 0 heterocycles. The van der Waals surface area contributed by atoms with E-state index in [2.05, 4.69) is 63.4 Å². The van der Waals surface area contributed by atoms with E-state index >= 15 is 0 Å². The van der Waals surface area contributed by atoms with Crippen LogP contribution in [0.1, 0.15) is 44.7 Å². The second kappa shape index (κ2) is 8.10. The summed E-state index contributed by atoms with van der Waals surface area (Å²) in [5.74, 6) is 0. The molecule has 1 heteroatoms.